The molecule has 0 bridgehead atoms. The standard InChI is InChI=1S/C10H10Cl2F2N2OS/c1-16(2)9(17)15-6-4-3-5(10(12,13)14)7(11)8(6)18/h3-4,18H,1-2H3,(H,15,17). The van der Waals surface area contributed by atoms with Crippen LogP contribution in [0.1, 0.15) is 5.56 Å². The third-order valence-electron chi connectivity index (χ3n) is 2.07. The number of rotatable bonds is 2. The molecule has 1 rings (SSSR count). The minimum Gasteiger partial charge on any atom is -0.331 e. The zero-order chi connectivity index (χ0) is 14.1. The molecule has 1 N–H and O–H groups in total. The van der Waals surface area contributed by atoms with Crippen molar-refractivity contribution in [1.82, 2.24) is 4.90 Å². The molecular weight excluding hydrogens is 305 g/mol. The van der Waals surface area contributed by atoms with Gasteiger partial charge in [-0.15, -0.1) is 12.6 Å². The first kappa shape index (κ1) is 15.3. The van der Waals surface area contributed by atoms with Crippen molar-refractivity contribution in [3.8, 4) is 0 Å². The van der Waals surface area contributed by atoms with Gasteiger partial charge in [-0.25, -0.2) is 4.79 Å². The number of benzene rings is 1. The van der Waals surface area contributed by atoms with Crippen LogP contribution < -0.4 is 5.32 Å². The van der Waals surface area contributed by atoms with Gasteiger partial charge in [0.05, 0.1) is 16.3 Å². The normalized spacial score (nSPS) is 11.3. The molecule has 1 aromatic rings. The second-order valence-electron chi connectivity index (χ2n) is 3.65. The summed E-state index contributed by atoms with van der Waals surface area (Å²) in [6, 6.07) is 1.88. The van der Waals surface area contributed by atoms with Gasteiger partial charge in [0.25, 0.3) is 0 Å². The first-order chi connectivity index (χ1) is 8.14. The number of urea groups is 1. The Balaban J connectivity index is 3.13. The number of hydrogen-bond donors (Lipinski definition) is 2. The van der Waals surface area contributed by atoms with Gasteiger partial charge in [0.2, 0.25) is 0 Å². The highest BCUT2D eigenvalue weighted by Crippen LogP contribution is 2.41. The van der Waals surface area contributed by atoms with Crippen LogP contribution in [-0.2, 0) is 5.38 Å². The summed E-state index contributed by atoms with van der Waals surface area (Å²) in [6.07, 6.45) is 0. The number of thiol groups is 1. The van der Waals surface area contributed by atoms with Crippen molar-refractivity contribution in [1.29, 1.82) is 0 Å². The van der Waals surface area contributed by atoms with E-state index >= 15 is 0 Å². The third-order valence-corrected chi connectivity index (χ3v) is 3.26. The van der Waals surface area contributed by atoms with Crippen LogP contribution in [0.15, 0.2) is 17.0 Å². The van der Waals surface area contributed by atoms with Crippen molar-refractivity contribution in [2.75, 3.05) is 19.4 Å². The molecule has 0 atom stereocenters. The van der Waals surface area contributed by atoms with E-state index in [4.69, 9.17) is 23.2 Å². The van der Waals surface area contributed by atoms with E-state index in [0.717, 1.165) is 6.07 Å². The molecule has 0 aliphatic rings. The van der Waals surface area contributed by atoms with E-state index in [1.54, 1.807) is 0 Å². The number of amides is 2. The quantitative estimate of drug-likeness (QED) is 0.627. The monoisotopic (exact) mass is 314 g/mol. The van der Waals surface area contributed by atoms with E-state index in [0.29, 0.717) is 0 Å². The average molecular weight is 315 g/mol. The highest BCUT2D eigenvalue weighted by atomic mass is 35.5. The molecule has 0 saturated carbocycles. The van der Waals surface area contributed by atoms with Crippen LogP contribution in [0.25, 0.3) is 0 Å². The van der Waals surface area contributed by atoms with Crippen molar-refractivity contribution in [3.05, 3.63) is 22.7 Å². The van der Waals surface area contributed by atoms with Crippen LogP contribution in [0.5, 0.6) is 0 Å². The number of alkyl halides is 3. The van der Waals surface area contributed by atoms with E-state index in [1.807, 2.05) is 0 Å². The molecule has 0 fully saturated rings. The zero-order valence-corrected chi connectivity index (χ0v) is 11.9. The summed E-state index contributed by atoms with van der Waals surface area (Å²) in [4.78, 5) is 12.7. The lowest BCUT2D eigenvalue weighted by Gasteiger charge is -2.17. The van der Waals surface area contributed by atoms with E-state index in [1.165, 1.54) is 25.1 Å². The minimum atomic E-state index is -3.58. The summed E-state index contributed by atoms with van der Waals surface area (Å²) in [5, 5.41) is -1.41. The molecule has 0 radical (unpaired) electrons. The molecule has 100 valence electrons. The van der Waals surface area contributed by atoms with Crippen LogP contribution in [0, 0.1) is 0 Å². The first-order valence-corrected chi connectivity index (χ1v) is 5.92. The summed E-state index contributed by atoms with van der Waals surface area (Å²) in [7, 11) is 3.08. The Morgan fingerprint density at radius 1 is 1.44 bits per heavy atom. The van der Waals surface area contributed by atoms with Gasteiger partial charge in [0.1, 0.15) is 0 Å². The fourth-order valence-electron chi connectivity index (χ4n) is 1.11. The maximum atomic E-state index is 13.0. The Labute approximate surface area is 118 Å². The number of anilines is 1. The molecule has 0 unspecified atom stereocenters. The minimum absolute atomic E-state index is 0.0321. The largest absolute Gasteiger partial charge is 0.349 e. The highest BCUT2D eigenvalue weighted by molar-refractivity contribution is 7.80. The van der Waals surface area contributed by atoms with Crippen molar-refractivity contribution in [3.63, 3.8) is 0 Å². The molecule has 0 spiro atoms. The van der Waals surface area contributed by atoms with Gasteiger partial charge >= 0.3 is 11.4 Å². The van der Waals surface area contributed by atoms with E-state index in [-0.39, 0.29) is 15.6 Å². The summed E-state index contributed by atoms with van der Waals surface area (Å²) in [5.41, 5.74) is -0.328. The predicted octanol–water partition coefficient (Wildman–Crippen LogP) is 4.01. The van der Waals surface area contributed by atoms with Crippen LogP contribution in [0.4, 0.5) is 19.3 Å². The zero-order valence-electron chi connectivity index (χ0n) is 9.47. The third kappa shape index (κ3) is 3.40. The molecule has 0 aromatic heterocycles. The van der Waals surface area contributed by atoms with Crippen LogP contribution >= 0.6 is 35.8 Å². The van der Waals surface area contributed by atoms with Crippen LogP contribution in [0.3, 0.4) is 0 Å². The van der Waals surface area contributed by atoms with E-state index in [9.17, 15) is 13.6 Å². The Kier molecular flexibility index (Phi) is 4.69. The smallest absolute Gasteiger partial charge is 0.331 e. The number of carbonyl (C=O) groups excluding carboxylic acids is 1. The molecule has 3 nitrogen and oxygen atoms in total. The highest BCUT2D eigenvalue weighted by Gasteiger charge is 2.32. The first-order valence-electron chi connectivity index (χ1n) is 4.71. The SMILES string of the molecule is CN(C)C(=O)Nc1ccc(C(F)(F)Cl)c(Cl)c1S. The van der Waals surface area contributed by atoms with Crippen molar-refractivity contribution < 1.29 is 13.6 Å². The lowest BCUT2D eigenvalue weighted by atomic mass is 10.2. The average Bonchev–Trinajstić information content (AvgIpc) is 2.22. The number of carbonyl (C=O) groups is 1. The molecule has 8 heteroatoms. The topological polar surface area (TPSA) is 32.3 Å². The fourth-order valence-corrected chi connectivity index (χ4v) is 1.85. The number of hydrogen-bond acceptors (Lipinski definition) is 2. The van der Waals surface area contributed by atoms with Crippen molar-refractivity contribution in [2.45, 2.75) is 10.3 Å². The predicted molar refractivity (Wildman–Crippen MR) is 71.2 cm³/mol. The lowest BCUT2D eigenvalue weighted by molar-refractivity contribution is 0.0950. The fraction of sp³-hybridized carbons (Fsp3) is 0.300. The van der Waals surface area contributed by atoms with Crippen molar-refractivity contribution in [2.24, 2.45) is 0 Å². The maximum absolute atomic E-state index is 13.0. The van der Waals surface area contributed by atoms with Gasteiger partial charge in [-0.1, -0.05) is 11.6 Å². The van der Waals surface area contributed by atoms with Gasteiger partial charge in [-0.3, -0.25) is 0 Å². The number of nitrogens with zero attached hydrogens (tertiary/aromatic N) is 1. The Morgan fingerprint density at radius 2 is 2.00 bits per heavy atom. The van der Waals surface area contributed by atoms with Gasteiger partial charge in [0.15, 0.2) is 0 Å². The second kappa shape index (κ2) is 5.50. The van der Waals surface area contributed by atoms with Gasteiger partial charge in [-0.2, -0.15) is 8.78 Å². The Hall–Kier alpha value is -0.720. The molecule has 0 aliphatic carbocycles. The molecular formula is C10H10Cl2F2N2OS. The maximum Gasteiger partial charge on any atom is 0.349 e. The summed E-state index contributed by atoms with van der Waals surface area (Å²) in [5.74, 6) is 0. The molecule has 18 heavy (non-hydrogen) atoms. The number of nitrogens with one attached hydrogen (secondary N) is 1. The lowest BCUT2D eigenvalue weighted by Crippen LogP contribution is -2.27. The summed E-state index contributed by atoms with van der Waals surface area (Å²) in [6.45, 7) is 0. The van der Waals surface area contributed by atoms with Crippen LogP contribution in [0.2, 0.25) is 5.02 Å². The van der Waals surface area contributed by atoms with Crippen molar-refractivity contribution >= 4 is 47.5 Å². The van der Waals surface area contributed by atoms with Gasteiger partial charge in [-0.05, 0) is 23.7 Å². The van der Waals surface area contributed by atoms with Gasteiger partial charge in [0, 0.05) is 19.0 Å². The Morgan fingerprint density at radius 3 is 2.44 bits per heavy atom. The summed E-state index contributed by atoms with van der Waals surface area (Å²) < 4.78 is 25.9. The summed E-state index contributed by atoms with van der Waals surface area (Å²) >= 11 is 14.6. The second-order valence-corrected chi connectivity index (χ2v) is 4.95. The molecule has 2 amide bonds. The number of halogens is 4. The molecule has 0 aliphatic heterocycles. The van der Waals surface area contributed by atoms with Gasteiger partial charge < -0.3 is 10.2 Å². The molecule has 0 heterocycles. The Bertz CT molecular complexity index is 478. The van der Waals surface area contributed by atoms with E-state index < -0.39 is 17.0 Å². The molecule has 0 saturated heterocycles. The van der Waals surface area contributed by atoms with Crippen LogP contribution in [-0.4, -0.2) is 25.0 Å². The molecule has 1 aromatic carbocycles. The van der Waals surface area contributed by atoms with E-state index in [2.05, 4.69) is 17.9 Å².